The van der Waals surface area contributed by atoms with E-state index >= 15 is 0 Å². The molecule has 1 unspecified atom stereocenters. The fourth-order valence-electron chi connectivity index (χ4n) is 2.23. The van der Waals surface area contributed by atoms with E-state index in [4.69, 9.17) is 5.11 Å². The number of benzene rings is 1. The van der Waals surface area contributed by atoms with Crippen LogP contribution >= 0.6 is 11.3 Å². The minimum Gasteiger partial charge on any atom is -0.396 e. The molecule has 1 heterocycles. The molecule has 0 radical (unpaired) electrons. The number of nitrogens with zero attached hydrogens (tertiary/aromatic N) is 1. The van der Waals surface area contributed by atoms with E-state index in [0.717, 1.165) is 23.4 Å². The first-order valence-electron chi connectivity index (χ1n) is 7.45. The average Bonchev–Trinajstić information content (AvgIpc) is 2.92. The van der Waals surface area contributed by atoms with Gasteiger partial charge in [0.1, 0.15) is 0 Å². The van der Waals surface area contributed by atoms with Crippen LogP contribution in [0.3, 0.4) is 0 Å². The predicted octanol–water partition coefficient (Wildman–Crippen LogP) is 2.75. The SMILES string of the molecule is CCC(CCO)CNC(=O)CCc1nc2ccccc2s1. The van der Waals surface area contributed by atoms with Crippen molar-refractivity contribution in [2.75, 3.05) is 13.2 Å². The number of aliphatic hydroxyl groups is 1. The molecule has 0 bridgehead atoms. The third-order valence-corrected chi connectivity index (χ3v) is 4.70. The van der Waals surface area contributed by atoms with E-state index in [0.29, 0.717) is 25.3 Å². The number of hydrogen-bond donors (Lipinski definition) is 2. The van der Waals surface area contributed by atoms with Crippen molar-refractivity contribution in [2.24, 2.45) is 5.92 Å². The number of thiazole rings is 1. The lowest BCUT2D eigenvalue weighted by Gasteiger charge is -2.13. The van der Waals surface area contributed by atoms with E-state index in [1.165, 1.54) is 4.70 Å². The summed E-state index contributed by atoms with van der Waals surface area (Å²) in [6.45, 7) is 2.91. The summed E-state index contributed by atoms with van der Waals surface area (Å²) >= 11 is 1.65. The number of para-hydroxylation sites is 1. The number of carbonyl (C=O) groups excluding carboxylic acids is 1. The zero-order valence-electron chi connectivity index (χ0n) is 12.3. The highest BCUT2D eigenvalue weighted by molar-refractivity contribution is 7.18. The van der Waals surface area contributed by atoms with E-state index in [1.54, 1.807) is 11.3 Å². The number of carbonyl (C=O) groups is 1. The van der Waals surface area contributed by atoms with Crippen LogP contribution in [0.5, 0.6) is 0 Å². The summed E-state index contributed by atoms with van der Waals surface area (Å²) in [7, 11) is 0. The van der Waals surface area contributed by atoms with Crippen molar-refractivity contribution in [3.05, 3.63) is 29.3 Å². The van der Waals surface area contributed by atoms with Gasteiger partial charge in [-0.25, -0.2) is 4.98 Å². The quantitative estimate of drug-likeness (QED) is 0.788. The van der Waals surface area contributed by atoms with Crippen LogP contribution in [-0.4, -0.2) is 29.1 Å². The van der Waals surface area contributed by atoms with Gasteiger partial charge in [-0.3, -0.25) is 4.79 Å². The Bertz CT molecular complexity index is 549. The molecule has 2 aromatic rings. The van der Waals surface area contributed by atoms with Gasteiger partial charge in [0.05, 0.1) is 15.2 Å². The number of hydrogen-bond acceptors (Lipinski definition) is 4. The van der Waals surface area contributed by atoms with Crippen LogP contribution < -0.4 is 5.32 Å². The second kappa shape index (κ2) is 8.10. The van der Waals surface area contributed by atoms with Crippen LogP contribution in [0.2, 0.25) is 0 Å². The van der Waals surface area contributed by atoms with Gasteiger partial charge in [-0.05, 0) is 24.5 Å². The highest BCUT2D eigenvalue weighted by atomic mass is 32.1. The van der Waals surface area contributed by atoms with E-state index in [-0.39, 0.29) is 12.5 Å². The second-order valence-corrected chi connectivity index (χ2v) is 6.28. The molecule has 1 aromatic heterocycles. The van der Waals surface area contributed by atoms with Gasteiger partial charge in [0.2, 0.25) is 5.91 Å². The summed E-state index contributed by atoms with van der Waals surface area (Å²) in [6.07, 6.45) is 2.87. The lowest BCUT2D eigenvalue weighted by Crippen LogP contribution is -2.29. The molecule has 0 spiro atoms. The number of amides is 1. The molecule has 1 amide bonds. The Balaban J connectivity index is 1.78. The molecule has 5 heteroatoms. The number of nitrogens with one attached hydrogen (secondary N) is 1. The van der Waals surface area contributed by atoms with Gasteiger partial charge in [0.25, 0.3) is 0 Å². The van der Waals surface area contributed by atoms with Gasteiger partial charge in [0.15, 0.2) is 0 Å². The van der Waals surface area contributed by atoms with Crippen LogP contribution in [0.15, 0.2) is 24.3 Å². The van der Waals surface area contributed by atoms with E-state index < -0.39 is 0 Å². The third-order valence-electron chi connectivity index (χ3n) is 3.61. The summed E-state index contributed by atoms with van der Waals surface area (Å²) in [5.41, 5.74) is 1.01. The molecule has 0 aliphatic heterocycles. The maximum atomic E-state index is 11.9. The van der Waals surface area contributed by atoms with Gasteiger partial charge < -0.3 is 10.4 Å². The summed E-state index contributed by atoms with van der Waals surface area (Å²) < 4.78 is 1.17. The lowest BCUT2D eigenvalue weighted by atomic mass is 10.0. The van der Waals surface area contributed by atoms with Gasteiger partial charge in [-0.1, -0.05) is 25.5 Å². The highest BCUT2D eigenvalue weighted by Crippen LogP contribution is 2.22. The van der Waals surface area contributed by atoms with Crippen LogP contribution in [0.1, 0.15) is 31.2 Å². The number of aryl methyl sites for hydroxylation is 1. The van der Waals surface area contributed by atoms with Crippen LogP contribution in [-0.2, 0) is 11.2 Å². The predicted molar refractivity (Wildman–Crippen MR) is 86.4 cm³/mol. The monoisotopic (exact) mass is 306 g/mol. The molecule has 4 nitrogen and oxygen atoms in total. The largest absolute Gasteiger partial charge is 0.396 e. The minimum absolute atomic E-state index is 0.0608. The van der Waals surface area contributed by atoms with Crippen LogP contribution in [0, 0.1) is 5.92 Å². The summed E-state index contributed by atoms with van der Waals surface area (Å²) in [5, 5.41) is 12.9. The molecule has 0 fully saturated rings. The second-order valence-electron chi connectivity index (χ2n) is 5.17. The Kier molecular flexibility index (Phi) is 6.14. The zero-order chi connectivity index (χ0) is 15.1. The van der Waals surface area contributed by atoms with E-state index in [9.17, 15) is 4.79 Å². The third kappa shape index (κ3) is 4.79. The maximum Gasteiger partial charge on any atom is 0.220 e. The van der Waals surface area contributed by atoms with Gasteiger partial charge in [-0.2, -0.15) is 0 Å². The number of rotatable bonds is 8. The van der Waals surface area contributed by atoms with Gasteiger partial charge >= 0.3 is 0 Å². The van der Waals surface area contributed by atoms with Crippen molar-refractivity contribution >= 4 is 27.5 Å². The fourth-order valence-corrected chi connectivity index (χ4v) is 3.19. The first kappa shape index (κ1) is 15.9. The molecule has 1 aromatic carbocycles. The summed E-state index contributed by atoms with van der Waals surface area (Å²) in [4.78, 5) is 16.4. The maximum absolute atomic E-state index is 11.9. The Labute approximate surface area is 129 Å². The molecule has 0 saturated carbocycles. The number of aliphatic hydroxyl groups excluding tert-OH is 1. The van der Waals surface area contributed by atoms with Crippen molar-refractivity contribution in [1.82, 2.24) is 10.3 Å². The highest BCUT2D eigenvalue weighted by Gasteiger charge is 2.09. The minimum atomic E-state index is 0.0608. The standard InChI is InChI=1S/C16H22N2O2S/c1-2-12(9-10-19)11-17-15(20)7-8-16-18-13-5-3-4-6-14(13)21-16/h3-6,12,19H,2,7-11H2,1H3,(H,17,20). The van der Waals surface area contributed by atoms with Gasteiger partial charge in [-0.15, -0.1) is 11.3 Å². The van der Waals surface area contributed by atoms with Crippen molar-refractivity contribution < 1.29 is 9.90 Å². The van der Waals surface area contributed by atoms with Crippen molar-refractivity contribution in [1.29, 1.82) is 0 Å². The molecule has 2 rings (SSSR count). The van der Waals surface area contributed by atoms with Crippen molar-refractivity contribution in [3.63, 3.8) is 0 Å². The Morgan fingerprint density at radius 2 is 2.24 bits per heavy atom. The fraction of sp³-hybridized carbons (Fsp3) is 0.500. The normalized spacial score (nSPS) is 12.5. The van der Waals surface area contributed by atoms with E-state index in [1.807, 2.05) is 18.2 Å². The Hall–Kier alpha value is -1.46. The molecule has 1 atom stereocenters. The molecule has 21 heavy (non-hydrogen) atoms. The first-order chi connectivity index (χ1) is 10.2. The topological polar surface area (TPSA) is 62.2 Å². The average molecular weight is 306 g/mol. The van der Waals surface area contributed by atoms with Crippen molar-refractivity contribution in [3.8, 4) is 0 Å². The number of fused-ring (bicyclic) bond motifs is 1. The summed E-state index contributed by atoms with van der Waals surface area (Å²) in [6, 6.07) is 8.03. The molecule has 114 valence electrons. The van der Waals surface area contributed by atoms with Gasteiger partial charge in [0, 0.05) is 26.0 Å². The zero-order valence-corrected chi connectivity index (χ0v) is 13.2. The van der Waals surface area contributed by atoms with Crippen LogP contribution in [0.4, 0.5) is 0 Å². The molecular formula is C16H22N2O2S. The molecule has 0 aliphatic carbocycles. The molecule has 0 aliphatic rings. The lowest BCUT2D eigenvalue weighted by molar-refractivity contribution is -0.121. The van der Waals surface area contributed by atoms with E-state index in [2.05, 4.69) is 23.3 Å². The molecule has 2 N–H and O–H groups in total. The van der Waals surface area contributed by atoms with Crippen molar-refractivity contribution in [2.45, 2.75) is 32.6 Å². The molecular weight excluding hydrogens is 284 g/mol. The number of aromatic nitrogens is 1. The Morgan fingerprint density at radius 1 is 1.43 bits per heavy atom. The van der Waals surface area contributed by atoms with Crippen LogP contribution in [0.25, 0.3) is 10.2 Å². The Morgan fingerprint density at radius 3 is 2.95 bits per heavy atom. The summed E-state index contributed by atoms with van der Waals surface area (Å²) in [5.74, 6) is 0.423. The smallest absolute Gasteiger partial charge is 0.220 e. The first-order valence-corrected chi connectivity index (χ1v) is 8.26. The molecule has 0 saturated heterocycles.